The van der Waals surface area contributed by atoms with Gasteiger partial charge >= 0.3 is 8.25 Å². The standard InChI is InChI=1S/C12H30N4O3P/c13-9-5-1-3-7-11(15)18-20(17)19-12(16)8-4-2-6-10-14/h11-12H,1-10,13-16H2/q+1. The van der Waals surface area contributed by atoms with Crippen molar-refractivity contribution in [3.63, 3.8) is 0 Å². The number of nitrogens with two attached hydrogens (primary N) is 4. The van der Waals surface area contributed by atoms with Crippen LogP contribution in [-0.4, -0.2) is 25.5 Å². The van der Waals surface area contributed by atoms with Gasteiger partial charge in [-0.2, -0.15) is 0 Å². The smallest absolute Gasteiger partial charge is 0.330 e. The Morgan fingerprint density at radius 2 is 1.15 bits per heavy atom. The predicted molar refractivity (Wildman–Crippen MR) is 80.8 cm³/mol. The van der Waals surface area contributed by atoms with Crippen molar-refractivity contribution in [2.75, 3.05) is 13.1 Å². The van der Waals surface area contributed by atoms with Gasteiger partial charge in [-0.3, -0.25) is 0 Å². The molecule has 7 nitrogen and oxygen atoms in total. The highest BCUT2D eigenvalue weighted by Crippen LogP contribution is 2.28. The largest absolute Gasteiger partial charge is 0.700 e. The van der Waals surface area contributed by atoms with E-state index in [1.54, 1.807) is 0 Å². The molecule has 0 bridgehead atoms. The van der Waals surface area contributed by atoms with E-state index in [1.165, 1.54) is 0 Å². The minimum absolute atomic E-state index is 0.583. The topological polar surface area (TPSA) is 140 Å². The Balaban J connectivity index is 3.59. The Hall–Kier alpha value is -0.140. The normalized spacial score (nSPS) is 15.1. The molecule has 0 aromatic heterocycles. The lowest BCUT2D eigenvalue weighted by Crippen LogP contribution is -2.24. The van der Waals surface area contributed by atoms with Gasteiger partial charge < -0.3 is 22.9 Å². The van der Waals surface area contributed by atoms with E-state index in [0.717, 1.165) is 38.5 Å². The molecule has 0 spiro atoms. The number of hydrogen-bond acceptors (Lipinski definition) is 7. The van der Waals surface area contributed by atoms with Gasteiger partial charge in [0.15, 0.2) is 12.5 Å². The van der Waals surface area contributed by atoms with Gasteiger partial charge in [0.05, 0.1) is 0 Å². The molecule has 0 amide bonds. The van der Waals surface area contributed by atoms with Gasteiger partial charge in [0.25, 0.3) is 0 Å². The lowest BCUT2D eigenvalue weighted by atomic mass is 10.2. The molecule has 120 valence electrons. The number of unbranched alkanes of at least 4 members (excludes halogenated alkanes) is 4. The summed E-state index contributed by atoms with van der Waals surface area (Å²) < 4.78 is 21.7. The van der Waals surface area contributed by atoms with Crippen molar-refractivity contribution in [2.24, 2.45) is 22.9 Å². The zero-order valence-corrected chi connectivity index (χ0v) is 13.1. The molecule has 20 heavy (non-hydrogen) atoms. The van der Waals surface area contributed by atoms with E-state index in [1.807, 2.05) is 0 Å². The van der Waals surface area contributed by atoms with E-state index in [-0.39, 0.29) is 0 Å². The summed E-state index contributed by atoms with van der Waals surface area (Å²) in [5.41, 5.74) is 22.2. The summed E-state index contributed by atoms with van der Waals surface area (Å²) in [6.07, 6.45) is 5.80. The van der Waals surface area contributed by atoms with Crippen LogP contribution in [0, 0.1) is 0 Å². The maximum Gasteiger partial charge on any atom is 0.700 e. The van der Waals surface area contributed by atoms with Crippen molar-refractivity contribution in [1.29, 1.82) is 0 Å². The fourth-order valence-electron chi connectivity index (χ4n) is 1.68. The molecule has 0 aromatic carbocycles. The quantitative estimate of drug-likeness (QED) is 0.215. The van der Waals surface area contributed by atoms with Crippen molar-refractivity contribution in [3.8, 4) is 0 Å². The van der Waals surface area contributed by atoms with Gasteiger partial charge in [-0.05, 0) is 51.6 Å². The van der Waals surface area contributed by atoms with Gasteiger partial charge in [-0.25, -0.2) is 0 Å². The average molecular weight is 309 g/mol. The van der Waals surface area contributed by atoms with Crippen LogP contribution in [-0.2, 0) is 13.6 Å². The first kappa shape index (κ1) is 19.9. The van der Waals surface area contributed by atoms with Crippen LogP contribution in [0.3, 0.4) is 0 Å². The monoisotopic (exact) mass is 309 g/mol. The van der Waals surface area contributed by atoms with Crippen molar-refractivity contribution in [3.05, 3.63) is 0 Å². The third kappa shape index (κ3) is 12.9. The Bertz CT molecular complexity index is 225. The summed E-state index contributed by atoms with van der Waals surface area (Å²) in [6.45, 7) is 1.35. The zero-order chi connectivity index (χ0) is 15.2. The summed E-state index contributed by atoms with van der Waals surface area (Å²) >= 11 is 0. The second-order valence-corrected chi connectivity index (χ2v) is 5.66. The molecule has 0 heterocycles. The third-order valence-electron chi connectivity index (χ3n) is 2.83. The highest BCUT2D eigenvalue weighted by Gasteiger charge is 2.28. The maximum atomic E-state index is 11.5. The second-order valence-electron chi connectivity index (χ2n) is 4.79. The molecule has 0 aliphatic rings. The van der Waals surface area contributed by atoms with Gasteiger partial charge in [0.2, 0.25) is 0 Å². The van der Waals surface area contributed by atoms with Crippen LogP contribution < -0.4 is 22.9 Å². The molecule has 0 aliphatic heterocycles. The average Bonchev–Trinajstić information content (AvgIpc) is 2.39. The van der Waals surface area contributed by atoms with E-state index in [0.29, 0.717) is 25.9 Å². The molecular formula is C12H30N4O3P+. The minimum Gasteiger partial charge on any atom is -0.330 e. The molecule has 0 radical (unpaired) electrons. The van der Waals surface area contributed by atoms with Crippen LogP contribution in [0.25, 0.3) is 0 Å². The fraction of sp³-hybridized carbons (Fsp3) is 1.00. The summed E-state index contributed by atoms with van der Waals surface area (Å²) in [5, 5.41) is 0. The first-order valence-corrected chi connectivity index (χ1v) is 8.41. The Kier molecular flexibility index (Phi) is 13.7. The molecular weight excluding hydrogens is 279 g/mol. The zero-order valence-electron chi connectivity index (χ0n) is 12.2. The Morgan fingerprint density at radius 3 is 1.50 bits per heavy atom. The molecule has 0 aromatic rings. The van der Waals surface area contributed by atoms with Crippen LogP contribution in [0.15, 0.2) is 0 Å². The van der Waals surface area contributed by atoms with E-state index < -0.39 is 20.7 Å². The van der Waals surface area contributed by atoms with Gasteiger partial charge in [0, 0.05) is 4.57 Å². The van der Waals surface area contributed by atoms with Gasteiger partial charge in [0.1, 0.15) is 0 Å². The third-order valence-corrected chi connectivity index (χ3v) is 3.71. The molecule has 2 unspecified atom stereocenters. The van der Waals surface area contributed by atoms with Crippen LogP contribution in [0.1, 0.15) is 51.4 Å². The Morgan fingerprint density at radius 1 is 0.750 bits per heavy atom. The molecule has 8 N–H and O–H groups in total. The van der Waals surface area contributed by atoms with Crippen LogP contribution in [0.5, 0.6) is 0 Å². The van der Waals surface area contributed by atoms with Crippen molar-refractivity contribution >= 4 is 8.25 Å². The number of hydrogen-bond donors (Lipinski definition) is 4. The van der Waals surface area contributed by atoms with Crippen molar-refractivity contribution < 1.29 is 13.6 Å². The lowest BCUT2D eigenvalue weighted by Gasteiger charge is -2.06. The first-order chi connectivity index (χ1) is 9.60. The lowest BCUT2D eigenvalue weighted by molar-refractivity contribution is 0.123. The van der Waals surface area contributed by atoms with Crippen molar-refractivity contribution in [2.45, 2.75) is 63.8 Å². The summed E-state index contributed by atoms with van der Waals surface area (Å²) in [4.78, 5) is 0. The fourth-order valence-corrected chi connectivity index (χ4v) is 2.39. The molecule has 2 atom stereocenters. The minimum atomic E-state index is -2.26. The molecule has 0 saturated carbocycles. The van der Waals surface area contributed by atoms with Crippen LogP contribution in [0.4, 0.5) is 0 Å². The van der Waals surface area contributed by atoms with E-state index >= 15 is 0 Å². The summed E-state index contributed by atoms with van der Waals surface area (Å²) in [5.74, 6) is 0. The molecule has 0 saturated heterocycles. The van der Waals surface area contributed by atoms with Gasteiger partial charge in [-0.1, -0.05) is 12.8 Å². The van der Waals surface area contributed by atoms with Crippen LogP contribution in [0.2, 0.25) is 0 Å². The van der Waals surface area contributed by atoms with Crippen LogP contribution >= 0.6 is 8.25 Å². The molecule has 0 fully saturated rings. The number of rotatable bonds is 14. The SMILES string of the molecule is NCCCCCC(N)O[P+](=O)OC(N)CCCCCN. The van der Waals surface area contributed by atoms with E-state index in [4.69, 9.17) is 32.0 Å². The highest BCUT2D eigenvalue weighted by molar-refractivity contribution is 7.33. The second kappa shape index (κ2) is 13.8. The highest BCUT2D eigenvalue weighted by atomic mass is 31.1. The van der Waals surface area contributed by atoms with E-state index in [9.17, 15) is 4.57 Å². The predicted octanol–water partition coefficient (Wildman–Crippen LogP) is 1.28. The first-order valence-electron chi connectivity index (χ1n) is 7.32. The van der Waals surface area contributed by atoms with Crippen molar-refractivity contribution in [1.82, 2.24) is 0 Å². The van der Waals surface area contributed by atoms with E-state index in [2.05, 4.69) is 0 Å². The molecule has 0 rings (SSSR count). The maximum absolute atomic E-state index is 11.5. The molecule has 8 heteroatoms. The molecule has 0 aliphatic carbocycles. The summed E-state index contributed by atoms with van der Waals surface area (Å²) in [7, 11) is -2.26. The van der Waals surface area contributed by atoms with Gasteiger partial charge in [-0.15, -0.1) is 9.05 Å². The Labute approximate surface area is 122 Å². The summed E-state index contributed by atoms with van der Waals surface area (Å²) in [6, 6.07) is 0.